The highest BCUT2D eigenvalue weighted by Crippen LogP contribution is 2.41. The second kappa shape index (κ2) is 11.4. The molecule has 6 heteroatoms. The molecule has 41 heavy (non-hydrogen) atoms. The quantitative estimate of drug-likeness (QED) is 0.290. The monoisotopic (exact) mass is 549 g/mol. The van der Waals surface area contributed by atoms with Crippen molar-refractivity contribution < 1.29 is 14.3 Å². The maximum absolute atomic E-state index is 14.8. The predicted molar refractivity (Wildman–Crippen MR) is 162 cm³/mol. The lowest BCUT2D eigenvalue weighted by Crippen LogP contribution is -2.64. The van der Waals surface area contributed by atoms with E-state index in [0.717, 1.165) is 59.0 Å². The molecule has 2 amide bonds. The second-order valence-corrected chi connectivity index (χ2v) is 11.7. The molecule has 2 heterocycles. The Balaban J connectivity index is 1.51. The minimum absolute atomic E-state index is 0.101. The third-order valence-corrected chi connectivity index (χ3v) is 8.94. The van der Waals surface area contributed by atoms with E-state index in [0.29, 0.717) is 18.8 Å². The van der Waals surface area contributed by atoms with Gasteiger partial charge in [-0.15, -0.1) is 0 Å². The molecule has 0 radical (unpaired) electrons. The fourth-order valence-electron chi connectivity index (χ4n) is 6.65. The van der Waals surface area contributed by atoms with Gasteiger partial charge in [0.2, 0.25) is 0 Å². The van der Waals surface area contributed by atoms with E-state index in [9.17, 15) is 9.59 Å². The van der Waals surface area contributed by atoms with Gasteiger partial charge in [0.25, 0.3) is 11.8 Å². The van der Waals surface area contributed by atoms with E-state index in [-0.39, 0.29) is 17.9 Å². The number of hydrogen-bond acceptors (Lipinski definition) is 3. The Labute approximate surface area is 242 Å². The first-order valence-corrected chi connectivity index (χ1v) is 14.9. The van der Waals surface area contributed by atoms with Crippen molar-refractivity contribution in [1.29, 1.82) is 0 Å². The van der Waals surface area contributed by atoms with Crippen LogP contribution in [0.25, 0.3) is 10.9 Å². The van der Waals surface area contributed by atoms with Crippen molar-refractivity contribution in [2.75, 3.05) is 7.11 Å². The summed E-state index contributed by atoms with van der Waals surface area (Å²) >= 11 is 0. The number of carbonyl (C=O) groups excluding carboxylic acids is 2. The van der Waals surface area contributed by atoms with E-state index in [1.807, 2.05) is 65.6 Å². The van der Waals surface area contributed by atoms with Crippen molar-refractivity contribution in [2.24, 2.45) is 0 Å². The Hall–Kier alpha value is -4.06. The smallest absolute Gasteiger partial charge is 0.272 e. The summed E-state index contributed by atoms with van der Waals surface area (Å²) in [5.74, 6) is 0.513. The number of carbonyl (C=O) groups is 2. The average Bonchev–Trinajstić information content (AvgIpc) is 3.34. The second-order valence-electron chi connectivity index (χ2n) is 11.7. The largest absolute Gasteiger partial charge is 0.497 e. The number of hydrogen-bond donors (Lipinski definition) is 1. The third kappa shape index (κ3) is 5.12. The molecule has 1 atom stereocenters. The topological polar surface area (TPSA) is 63.6 Å². The van der Waals surface area contributed by atoms with Gasteiger partial charge < -0.3 is 19.5 Å². The molecule has 0 unspecified atom stereocenters. The Morgan fingerprint density at radius 1 is 0.927 bits per heavy atom. The molecular weight excluding hydrogens is 510 g/mol. The zero-order valence-corrected chi connectivity index (χ0v) is 24.1. The highest BCUT2D eigenvalue weighted by atomic mass is 16.5. The number of methoxy groups -OCH3 is 1. The SMILES string of the molecule is COc1ccc(CN2C(=O)c3cc4ccc(C)cc4n3C[C@@]2(C(=O)NC2CCCCCCC2)c2ccccc2)cc1. The molecule has 1 aromatic heterocycles. The molecule has 1 saturated carbocycles. The highest BCUT2D eigenvalue weighted by molar-refractivity contribution is 6.04. The molecule has 1 fully saturated rings. The summed E-state index contributed by atoms with van der Waals surface area (Å²) in [6.07, 6.45) is 7.85. The van der Waals surface area contributed by atoms with Crippen molar-refractivity contribution >= 4 is 22.7 Å². The summed E-state index contributed by atoms with van der Waals surface area (Å²) in [5.41, 5.74) is 3.27. The van der Waals surface area contributed by atoms with Crippen molar-refractivity contribution in [3.05, 3.63) is 101 Å². The van der Waals surface area contributed by atoms with Crippen LogP contribution in [0, 0.1) is 6.92 Å². The fraction of sp³-hybridized carbons (Fsp3) is 0.371. The number of benzene rings is 3. The van der Waals surface area contributed by atoms with Crippen molar-refractivity contribution in [1.82, 2.24) is 14.8 Å². The van der Waals surface area contributed by atoms with Gasteiger partial charge in [0.1, 0.15) is 11.4 Å². The minimum atomic E-state index is -1.22. The van der Waals surface area contributed by atoms with Crippen LogP contribution >= 0.6 is 0 Å². The summed E-state index contributed by atoms with van der Waals surface area (Å²) in [6, 6.07) is 26.0. The van der Waals surface area contributed by atoms with Crippen LogP contribution in [0.1, 0.15) is 72.1 Å². The van der Waals surface area contributed by atoms with Gasteiger partial charge in [-0.1, -0.05) is 86.7 Å². The zero-order chi connectivity index (χ0) is 28.4. The lowest BCUT2D eigenvalue weighted by Gasteiger charge is -2.47. The molecule has 6 rings (SSSR count). The van der Waals surface area contributed by atoms with Gasteiger partial charge in [-0.25, -0.2) is 0 Å². The molecule has 4 aromatic rings. The maximum atomic E-state index is 14.8. The lowest BCUT2D eigenvalue weighted by atomic mass is 9.83. The van der Waals surface area contributed by atoms with Crippen LogP contribution < -0.4 is 10.1 Å². The van der Waals surface area contributed by atoms with Gasteiger partial charge in [-0.3, -0.25) is 9.59 Å². The van der Waals surface area contributed by atoms with E-state index in [1.165, 1.54) is 19.3 Å². The fourth-order valence-corrected chi connectivity index (χ4v) is 6.65. The van der Waals surface area contributed by atoms with Gasteiger partial charge in [-0.2, -0.15) is 0 Å². The van der Waals surface area contributed by atoms with Crippen LogP contribution in [0.15, 0.2) is 78.9 Å². The first kappa shape index (κ1) is 27.1. The lowest BCUT2D eigenvalue weighted by molar-refractivity contribution is -0.136. The number of nitrogens with one attached hydrogen (secondary N) is 1. The molecule has 3 aromatic carbocycles. The molecule has 0 spiro atoms. The van der Waals surface area contributed by atoms with Crippen molar-refractivity contribution in [3.63, 3.8) is 0 Å². The van der Waals surface area contributed by atoms with E-state index in [4.69, 9.17) is 4.74 Å². The number of nitrogens with zero attached hydrogens (tertiary/aromatic N) is 2. The number of aromatic nitrogens is 1. The Kier molecular flexibility index (Phi) is 7.57. The highest BCUT2D eigenvalue weighted by Gasteiger charge is 2.52. The molecule has 2 aliphatic rings. The molecule has 1 aliphatic heterocycles. The first-order chi connectivity index (χ1) is 20.0. The van der Waals surface area contributed by atoms with E-state index in [2.05, 4.69) is 35.0 Å². The third-order valence-electron chi connectivity index (χ3n) is 8.94. The van der Waals surface area contributed by atoms with Crippen molar-refractivity contribution in [3.8, 4) is 5.75 Å². The summed E-state index contributed by atoms with van der Waals surface area (Å²) in [7, 11) is 1.64. The van der Waals surface area contributed by atoms with Crippen LogP contribution in [-0.4, -0.2) is 34.4 Å². The summed E-state index contributed by atoms with van der Waals surface area (Å²) in [5, 5.41) is 4.47. The van der Waals surface area contributed by atoms with E-state index in [1.54, 1.807) is 7.11 Å². The summed E-state index contributed by atoms with van der Waals surface area (Å²) in [6.45, 7) is 2.71. The number of rotatable bonds is 6. The summed E-state index contributed by atoms with van der Waals surface area (Å²) < 4.78 is 7.44. The summed E-state index contributed by atoms with van der Waals surface area (Å²) in [4.78, 5) is 31.2. The maximum Gasteiger partial charge on any atom is 0.272 e. The van der Waals surface area contributed by atoms with Gasteiger partial charge in [0.05, 0.1) is 13.7 Å². The minimum Gasteiger partial charge on any atom is -0.497 e. The molecule has 1 N–H and O–H groups in total. The predicted octanol–water partition coefficient (Wildman–Crippen LogP) is 6.74. The number of ether oxygens (including phenoxy) is 1. The molecule has 1 aliphatic carbocycles. The van der Waals surface area contributed by atoms with Crippen molar-refractivity contribution in [2.45, 2.75) is 76.5 Å². The van der Waals surface area contributed by atoms with Gasteiger partial charge >= 0.3 is 0 Å². The van der Waals surface area contributed by atoms with Gasteiger partial charge in [0, 0.05) is 23.5 Å². The van der Waals surface area contributed by atoms with Crippen LogP contribution in [0.3, 0.4) is 0 Å². The average molecular weight is 550 g/mol. The van der Waals surface area contributed by atoms with Crippen LogP contribution in [0.5, 0.6) is 5.75 Å². The molecule has 0 saturated heterocycles. The molecule has 212 valence electrons. The number of fused-ring (bicyclic) bond motifs is 3. The van der Waals surface area contributed by atoms with Gasteiger partial charge in [-0.05, 0) is 60.7 Å². The number of amides is 2. The standard InChI is InChI=1S/C35H39N3O3/c1-25-15-18-27-22-32-33(39)38(23-26-16-19-30(41-2)20-17-26)35(24-37(32)31(27)21-25,28-11-7-6-8-12-28)34(40)36-29-13-9-4-3-5-10-14-29/h6-8,11-12,15-22,29H,3-5,9-10,13-14,23-24H2,1-2H3,(H,36,40)/t35-/m0/s1. The zero-order valence-electron chi connectivity index (χ0n) is 24.1. The van der Waals surface area contributed by atoms with Crippen LogP contribution in [0.4, 0.5) is 0 Å². The number of aryl methyl sites for hydroxylation is 1. The molecular formula is C35H39N3O3. The van der Waals surface area contributed by atoms with Gasteiger partial charge in [0.15, 0.2) is 5.54 Å². The van der Waals surface area contributed by atoms with Crippen LogP contribution in [-0.2, 0) is 23.4 Å². The Bertz CT molecular complexity index is 1530. The van der Waals surface area contributed by atoms with E-state index < -0.39 is 5.54 Å². The first-order valence-electron chi connectivity index (χ1n) is 14.9. The molecule has 6 nitrogen and oxygen atoms in total. The Morgan fingerprint density at radius 2 is 1.63 bits per heavy atom. The normalized spacial score (nSPS) is 19.9. The molecule has 0 bridgehead atoms. The van der Waals surface area contributed by atoms with E-state index >= 15 is 0 Å². The Morgan fingerprint density at radius 3 is 2.34 bits per heavy atom. The van der Waals surface area contributed by atoms with Crippen LogP contribution in [0.2, 0.25) is 0 Å².